The van der Waals surface area contributed by atoms with Crippen molar-refractivity contribution in [2.45, 2.75) is 96.6 Å². The molecule has 1 amide bonds. The summed E-state index contributed by atoms with van der Waals surface area (Å²) >= 11 is 0. The molecule has 1 rings (SSSR count). The molecular weight excluding hydrogens is 360 g/mol. The second kappa shape index (κ2) is 15.2. The van der Waals surface area contributed by atoms with Gasteiger partial charge in [0.1, 0.15) is 12.2 Å². The van der Waals surface area contributed by atoms with Crippen LogP contribution in [-0.2, 0) is 19.0 Å². The van der Waals surface area contributed by atoms with Crippen molar-refractivity contribution in [3.8, 4) is 0 Å². The first-order valence-electron chi connectivity index (χ1n) is 11.0. The van der Waals surface area contributed by atoms with Crippen LogP contribution in [0.1, 0.15) is 66.2 Å². The van der Waals surface area contributed by atoms with E-state index in [1.165, 1.54) is 6.92 Å². The molecule has 1 saturated heterocycles. The predicted octanol–water partition coefficient (Wildman–Crippen LogP) is 2.01. The maximum atomic E-state index is 11.8. The largest absolute Gasteiger partial charge is 0.395 e. The van der Waals surface area contributed by atoms with Gasteiger partial charge in [-0.05, 0) is 19.3 Å². The van der Waals surface area contributed by atoms with Crippen LogP contribution in [0.5, 0.6) is 0 Å². The first kappa shape index (κ1) is 25.3. The fraction of sp³-hybridized carbons (Fsp3) is 0.952. The van der Waals surface area contributed by atoms with Gasteiger partial charge >= 0.3 is 0 Å². The molecule has 28 heavy (non-hydrogen) atoms. The summed E-state index contributed by atoms with van der Waals surface area (Å²) in [7, 11) is 0. The fourth-order valence-electron chi connectivity index (χ4n) is 3.46. The number of nitrogens with one attached hydrogen (secondary N) is 2. The van der Waals surface area contributed by atoms with Gasteiger partial charge in [0.15, 0.2) is 0 Å². The molecule has 0 spiro atoms. The third-order valence-corrected chi connectivity index (χ3v) is 5.06. The Balaban J connectivity index is 2.97. The van der Waals surface area contributed by atoms with Crippen LogP contribution >= 0.6 is 0 Å². The van der Waals surface area contributed by atoms with Gasteiger partial charge in [-0.15, -0.1) is 0 Å². The van der Waals surface area contributed by atoms with Crippen molar-refractivity contribution >= 4 is 5.91 Å². The lowest BCUT2D eigenvalue weighted by atomic mass is 9.88. The highest BCUT2D eigenvalue weighted by Crippen LogP contribution is 2.23. The topological polar surface area (TPSA) is 89.1 Å². The number of aliphatic hydroxyl groups is 1. The summed E-state index contributed by atoms with van der Waals surface area (Å²) in [6.07, 6.45) is 5.52. The third kappa shape index (κ3) is 8.74. The molecule has 166 valence electrons. The van der Waals surface area contributed by atoms with Crippen molar-refractivity contribution in [1.82, 2.24) is 10.6 Å². The van der Waals surface area contributed by atoms with E-state index < -0.39 is 0 Å². The van der Waals surface area contributed by atoms with Crippen LogP contribution in [0.3, 0.4) is 0 Å². The van der Waals surface area contributed by atoms with Gasteiger partial charge in [-0.1, -0.05) is 40.0 Å². The Hall–Kier alpha value is -0.730. The van der Waals surface area contributed by atoms with Gasteiger partial charge in [-0.2, -0.15) is 0 Å². The number of piperidine rings is 1. The molecule has 1 fully saturated rings. The second-order valence-corrected chi connectivity index (χ2v) is 7.59. The molecule has 0 saturated carbocycles. The highest BCUT2D eigenvalue weighted by atomic mass is 16.5. The van der Waals surface area contributed by atoms with Crippen molar-refractivity contribution in [3.63, 3.8) is 0 Å². The Bertz CT molecular complexity index is 410. The molecule has 7 nitrogen and oxygen atoms in total. The zero-order valence-electron chi connectivity index (χ0n) is 18.2. The average molecular weight is 403 g/mol. The van der Waals surface area contributed by atoms with Crippen LogP contribution in [-0.4, -0.2) is 74.4 Å². The molecule has 0 aromatic rings. The maximum Gasteiger partial charge on any atom is 0.217 e. The number of carbonyl (C=O) groups is 1. The molecule has 1 heterocycles. The number of hydrogen-bond acceptors (Lipinski definition) is 6. The van der Waals surface area contributed by atoms with E-state index in [0.29, 0.717) is 26.4 Å². The van der Waals surface area contributed by atoms with Crippen LogP contribution in [0, 0.1) is 0 Å². The first-order valence-corrected chi connectivity index (χ1v) is 11.0. The number of aliphatic hydroxyl groups excluding tert-OH is 1. The summed E-state index contributed by atoms with van der Waals surface area (Å²) in [5, 5.41) is 16.3. The van der Waals surface area contributed by atoms with Gasteiger partial charge in [-0.25, -0.2) is 0 Å². The minimum Gasteiger partial charge on any atom is -0.395 e. The first-order chi connectivity index (χ1) is 13.6. The lowest BCUT2D eigenvalue weighted by Crippen LogP contribution is -2.72. The Kier molecular flexibility index (Phi) is 13.7. The molecule has 3 N–H and O–H groups in total. The van der Waals surface area contributed by atoms with E-state index in [1.807, 2.05) is 0 Å². The monoisotopic (exact) mass is 402 g/mol. The third-order valence-electron chi connectivity index (χ3n) is 5.06. The molecule has 0 aromatic carbocycles. The molecule has 0 radical (unpaired) electrons. The number of carbonyl (C=O) groups excluding carboxylic acids is 1. The molecule has 7 heteroatoms. The van der Waals surface area contributed by atoms with E-state index in [-0.39, 0.29) is 42.8 Å². The quantitative estimate of drug-likeness (QED) is 0.363. The smallest absolute Gasteiger partial charge is 0.217 e. The number of hydrogen-bond donors (Lipinski definition) is 3. The maximum absolute atomic E-state index is 11.8. The minimum atomic E-state index is -0.349. The van der Waals surface area contributed by atoms with Gasteiger partial charge in [-0.3, -0.25) is 4.79 Å². The van der Waals surface area contributed by atoms with Crippen LogP contribution in [0.25, 0.3) is 0 Å². The normalized spacial score (nSPS) is 27.7. The van der Waals surface area contributed by atoms with Gasteiger partial charge in [0.2, 0.25) is 5.91 Å². The molecule has 0 bridgehead atoms. The van der Waals surface area contributed by atoms with Gasteiger partial charge in [0.25, 0.3) is 0 Å². The number of unbranched alkanes of at least 4 members (excludes halogenated alkanes) is 3. The molecule has 0 aromatic heterocycles. The zero-order valence-corrected chi connectivity index (χ0v) is 18.2. The van der Waals surface area contributed by atoms with E-state index >= 15 is 0 Å². The number of ether oxygens (including phenoxy) is 3. The number of rotatable bonds is 15. The van der Waals surface area contributed by atoms with Crippen molar-refractivity contribution < 1.29 is 24.1 Å². The van der Waals surface area contributed by atoms with Crippen molar-refractivity contribution in [2.75, 3.05) is 33.0 Å². The van der Waals surface area contributed by atoms with Crippen LogP contribution in [0.2, 0.25) is 0 Å². The van der Waals surface area contributed by atoms with Gasteiger partial charge in [0, 0.05) is 26.7 Å². The molecule has 1 aliphatic rings. The lowest BCUT2D eigenvalue weighted by molar-refractivity contribution is -0.145. The van der Waals surface area contributed by atoms with Crippen LogP contribution in [0.4, 0.5) is 0 Å². The minimum absolute atomic E-state index is 0.0915. The number of amides is 1. The van der Waals surface area contributed by atoms with E-state index in [2.05, 4.69) is 31.4 Å². The van der Waals surface area contributed by atoms with Crippen molar-refractivity contribution in [1.29, 1.82) is 0 Å². The van der Waals surface area contributed by atoms with Gasteiger partial charge < -0.3 is 30.0 Å². The Morgan fingerprint density at radius 3 is 2.04 bits per heavy atom. The van der Waals surface area contributed by atoms with E-state index in [4.69, 9.17) is 14.2 Å². The Morgan fingerprint density at radius 1 is 0.929 bits per heavy atom. The summed E-state index contributed by atoms with van der Waals surface area (Å²) < 4.78 is 18.3. The molecule has 5 atom stereocenters. The average Bonchev–Trinajstić information content (AvgIpc) is 2.67. The van der Waals surface area contributed by atoms with E-state index in [0.717, 1.165) is 38.5 Å². The summed E-state index contributed by atoms with van der Waals surface area (Å²) in [5.74, 6) is -0.140. The molecular formula is C21H42N2O5. The highest BCUT2D eigenvalue weighted by Gasteiger charge is 2.46. The standard InChI is InChI=1S/C21H42N2O5/c1-5-8-11-26-15-18-20(27-12-9-6-2)21(28-13-10-7-3)19(22-16(4)25)17(14-24)23-18/h17-21,23-24H,5-15H2,1-4H3,(H,22,25)/t17-,18-,19+,20-,21-/m1/s1. The van der Waals surface area contributed by atoms with E-state index in [9.17, 15) is 9.90 Å². The zero-order chi connectivity index (χ0) is 20.8. The Morgan fingerprint density at radius 2 is 1.50 bits per heavy atom. The van der Waals surface area contributed by atoms with Gasteiger partial charge in [0.05, 0.1) is 31.3 Å². The van der Waals surface area contributed by atoms with Crippen molar-refractivity contribution in [3.05, 3.63) is 0 Å². The van der Waals surface area contributed by atoms with E-state index in [1.54, 1.807) is 0 Å². The highest BCUT2D eigenvalue weighted by molar-refractivity contribution is 5.73. The molecule has 1 aliphatic heterocycles. The second-order valence-electron chi connectivity index (χ2n) is 7.59. The van der Waals surface area contributed by atoms with Crippen LogP contribution < -0.4 is 10.6 Å². The Labute approximate surface area is 170 Å². The SMILES string of the molecule is CCCCOC[C@H]1N[C@H](CO)[C@H](NC(C)=O)[C@@H](OCCCC)[C@@H]1OCCCC. The summed E-state index contributed by atoms with van der Waals surface area (Å²) in [4.78, 5) is 11.8. The summed E-state index contributed by atoms with van der Waals surface area (Å²) in [6, 6.07) is -0.748. The molecule has 0 unspecified atom stereocenters. The lowest BCUT2D eigenvalue weighted by Gasteiger charge is -2.47. The predicted molar refractivity (Wildman–Crippen MR) is 110 cm³/mol. The van der Waals surface area contributed by atoms with Crippen LogP contribution in [0.15, 0.2) is 0 Å². The van der Waals surface area contributed by atoms with Crippen molar-refractivity contribution in [2.24, 2.45) is 0 Å². The molecule has 0 aliphatic carbocycles. The summed E-state index contributed by atoms with van der Waals surface area (Å²) in [5.41, 5.74) is 0. The summed E-state index contributed by atoms with van der Waals surface area (Å²) in [6.45, 7) is 10.2. The fourth-order valence-corrected chi connectivity index (χ4v) is 3.46.